The van der Waals surface area contributed by atoms with Crippen LogP contribution in [0, 0.1) is 0 Å². The van der Waals surface area contributed by atoms with Gasteiger partial charge >= 0.3 is 5.97 Å². The molecule has 0 saturated heterocycles. The Morgan fingerprint density at radius 3 is 2.43 bits per heavy atom. The molecule has 0 aliphatic rings. The molecule has 1 amide bonds. The van der Waals surface area contributed by atoms with Crippen LogP contribution in [0.2, 0.25) is 0 Å². The van der Waals surface area contributed by atoms with Gasteiger partial charge in [-0.15, -0.1) is 0 Å². The molecule has 0 aliphatic heterocycles. The van der Waals surface area contributed by atoms with Crippen LogP contribution in [0.3, 0.4) is 0 Å². The van der Waals surface area contributed by atoms with Gasteiger partial charge in [-0.25, -0.2) is 4.79 Å². The summed E-state index contributed by atoms with van der Waals surface area (Å²) < 4.78 is 10.9. The Labute approximate surface area is 177 Å². The van der Waals surface area contributed by atoms with Gasteiger partial charge in [0.1, 0.15) is 11.3 Å². The van der Waals surface area contributed by atoms with E-state index >= 15 is 0 Å². The maximum atomic E-state index is 12.4. The van der Waals surface area contributed by atoms with Gasteiger partial charge in [-0.3, -0.25) is 10.1 Å². The van der Waals surface area contributed by atoms with E-state index in [1.54, 1.807) is 60.7 Å². The molecule has 0 saturated carbocycles. The van der Waals surface area contributed by atoms with Gasteiger partial charge in [0.2, 0.25) is 0 Å². The van der Waals surface area contributed by atoms with E-state index in [0.717, 1.165) is 5.39 Å². The summed E-state index contributed by atoms with van der Waals surface area (Å²) in [5, 5.41) is 6.35. The molecule has 2 N–H and O–H groups in total. The fourth-order valence-electron chi connectivity index (χ4n) is 2.80. The third-order valence-corrected chi connectivity index (χ3v) is 4.39. The zero-order chi connectivity index (χ0) is 20.9. The van der Waals surface area contributed by atoms with Crippen molar-refractivity contribution in [2.45, 2.75) is 0 Å². The maximum Gasteiger partial charge on any atom is 0.343 e. The number of para-hydroxylation sites is 2. The van der Waals surface area contributed by atoms with E-state index in [2.05, 4.69) is 10.6 Å². The van der Waals surface area contributed by atoms with Crippen LogP contribution >= 0.6 is 12.2 Å². The van der Waals surface area contributed by atoms with Gasteiger partial charge in [0, 0.05) is 11.1 Å². The van der Waals surface area contributed by atoms with E-state index in [1.165, 1.54) is 0 Å². The van der Waals surface area contributed by atoms with Crippen molar-refractivity contribution in [3.8, 4) is 5.75 Å². The van der Waals surface area contributed by atoms with Crippen LogP contribution in [0.1, 0.15) is 20.9 Å². The van der Waals surface area contributed by atoms with Crippen LogP contribution in [0.5, 0.6) is 5.75 Å². The summed E-state index contributed by atoms with van der Waals surface area (Å²) in [7, 11) is 0. The van der Waals surface area contributed by atoms with Crippen LogP contribution in [0.25, 0.3) is 11.0 Å². The maximum absolute atomic E-state index is 12.4. The summed E-state index contributed by atoms with van der Waals surface area (Å²) in [6.07, 6.45) is 0. The van der Waals surface area contributed by atoms with E-state index in [1.807, 2.05) is 24.3 Å². The van der Waals surface area contributed by atoms with E-state index in [9.17, 15) is 9.59 Å². The van der Waals surface area contributed by atoms with Gasteiger partial charge < -0.3 is 14.5 Å². The molecule has 0 aliphatic carbocycles. The number of amides is 1. The van der Waals surface area contributed by atoms with Crippen molar-refractivity contribution in [2.24, 2.45) is 0 Å². The van der Waals surface area contributed by atoms with Crippen molar-refractivity contribution in [3.05, 3.63) is 96.3 Å². The Kier molecular flexibility index (Phi) is 5.54. The average molecular weight is 416 g/mol. The first-order valence-electron chi connectivity index (χ1n) is 9.07. The van der Waals surface area contributed by atoms with Crippen LogP contribution in [0.15, 0.2) is 89.3 Å². The number of anilines is 1. The van der Waals surface area contributed by atoms with E-state index in [0.29, 0.717) is 22.6 Å². The van der Waals surface area contributed by atoms with Gasteiger partial charge in [0.25, 0.3) is 5.91 Å². The summed E-state index contributed by atoms with van der Waals surface area (Å²) >= 11 is 5.21. The second-order valence-electron chi connectivity index (χ2n) is 6.34. The highest BCUT2D eigenvalue weighted by molar-refractivity contribution is 7.80. The van der Waals surface area contributed by atoms with Crippen LogP contribution < -0.4 is 15.4 Å². The summed E-state index contributed by atoms with van der Waals surface area (Å²) in [5.74, 6) is -0.361. The number of hydrogen-bond acceptors (Lipinski definition) is 5. The molecule has 0 radical (unpaired) electrons. The number of carbonyl (C=O) groups is 2. The minimum Gasteiger partial charge on any atom is -0.451 e. The molecular weight excluding hydrogens is 400 g/mol. The first kappa shape index (κ1) is 19.4. The quantitative estimate of drug-likeness (QED) is 0.283. The normalized spacial score (nSPS) is 10.4. The lowest BCUT2D eigenvalue weighted by Crippen LogP contribution is -2.33. The molecule has 0 unspecified atom stereocenters. The predicted octanol–water partition coefficient (Wildman–Crippen LogP) is 4.78. The Hall–Kier alpha value is -3.97. The average Bonchev–Trinajstić information content (AvgIpc) is 3.19. The molecule has 6 nitrogen and oxygen atoms in total. The molecule has 148 valence electrons. The van der Waals surface area contributed by atoms with Gasteiger partial charge in [-0.1, -0.05) is 42.5 Å². The van der Waals surface area contributed by atoms with Gasteiger partial charge in [-0.2, -0.15) is 0 Å². The molecule has 4 aromatic rings. The highest BCUT2D eigenvalue weighted by Gasteiger charge is 2.14. The third-order valence-electron chi connectivity index (χ3n) is 4.19. The Balaban J connectivity index is 1.40. The van der Waals surface area contributed by atoms with E-state index in [4.69, 9.17) is 21.4 Å². The van der Waals surface area contributed by atoms with Crippen molar-refractivity contribution in [1.29, 1.82) is 0 Å². The Morgan fingerprint density at radius 2 is 1.63 bits per heavy atom. The molecule has 0 atom stereocenters. The van der Waals surface area contributed by atoms with Gasteiger partial charge in [0.05, 0.1) is 5.56 Å². The molecule has 30 heavy (non-hydrogen) atoms. The smallest absolute Gasteiger partial charge is 0.343 e. The summed E-state index contributed by atoms with van der Waals surface area (Å²) in [6.45, 7) is 0. The van der Waals surface area contributed by atoms with Crippen molar-refractivity contribution < 1.29 is 18.7 Å². The molecule has 0 bridgehead atoms. The second kappa shape index (κ2) is 8.59. The van der Waals surface area contributed by atoms with Crippen LogP contribution in [-0.2, 0) is 0 Å². The number of carbonyl (C=O) groups excluding carboxylic acids is 2. The third kappa shape index (κ3) is 4.53. The fraction of sp³-hybridized carbons (Fsp3) is 0. The number of rotatable bonds is 4. The molecule has 1 heterocycles. The first-order chi connectivity index (χ1) is 14.6. The number of hydrogen-bond donors (Lipinski definition) is 2. The number of ether oxygens (including phenoxy) is 1. The number of furan rings is 1. The van der Waals surface area contributed by atoms with Gasteiger partial charge in [-0.05, 0) is 54.7 Å². The van der Waals surface area contributed by atoms with Crippen LogP contribution in [0.4, 0.5) is 5.69 Å². The largest absolute Gasteiger partial charge is 0.451 e. The van der Waals surface area contributed by atoms with Crippen molar-refractivity contribution in [3.63, 3.8) is 0 Å². The lowest BCUT2D eigenvalue weighted by Gasteiger charge is -2.10. The lowest BCUT2D eigenvalue weighted by atomic mass is 10.2. The minimum absolute atomic E-state index is 0.0778. The topological polar surface area (TPSA) is 80.6 Å². The number of nitrogens with one attached hydrogen (secondary N) is 2. The van der Waals surface area contributed by atoms with E-state index < -0.39 is 11.9 Å². The Morgan fingerprint density at radius 1 is 0.867 bits per heavy atom. The molecule has 4 rings (SSSR count). The highest BCUT2D eigenvalue weighted by atomic mass is 32.1. The van der Waals surface area contributed by atoms with Crippen molar-refractivity contribution in [2.75, 3.05) is 5.32 Å². The Bertz CT molecular complexity index is 1200. The molecule has 3 aromatic carbocycles. The van der Waals surface area contributed by atoms with Crippen molar-refractivity contribution >= 4 is 45.9 Å². The number of esters is 1. The number of fused-ring (bicyclic) bond motifs is 1. The highest BCUT2D eigenvalue weighted by Crippen LogP contribution is 2.19. The second-order valence-corrected chi connectivity index (χ2v) is 6.75. The van der Waals surface area contributed by atoms with Crippen molar-refractivity contribution in [1.82, 2.24) is 5.32 Å². The van der Waals surface area contributed by atoms with E-state index in [-0.39, 0.29) is 10.9 Å². The number of thiocarbonyl (C=S) groups is 1. The number of benzene rings is 3. The zero-order valence-electron chi connectivity index (χ0n) is 15.6. The monoisotopic (exact) mass is 416 g/mol. The molecule has 0 spiro atoms. The summed E-state index contributed by atoms with van der Waals surface area (Å²) in [6, 6.07) is 24.4. The van der Waals surface area contributed by atoms with Gasteiger partial charge in [0.15, 0.2) is 10.9 Å². The predicted molar refractivity (Wildman–Crippen MR) is 118 cm³/mol. The fourth-order valence-corrected chi connectivity index (χ4v) is 3.01. The SMILES string of the molecule is O=C(Oc1ccccc1)c1cccc(NC(=S)NC(=O)c2cc3ccccc3o2)c1. The first-order valence-corrected chi connectivity index (χ1v) is 9.47. The molecule has 0 fully saturated rings. The van der Waals surface area contributed by atoms with Crippen LogP contribution in [-0.4, -0.2) is 17.0 Å². The summed E-state index contributed by atoms with van der Waals surface area (Å²) in [4.78, 5) is 24.7. The summed E-state index contributed by atoms with van der Waals surface area (Å²) in [5.41, 5.74) is 1.49. The molecular formula is C23H16N2O4S. The molecule has 1 aromatic heterocycles. The zero-order valence-corrected chi connectivity index (χ0v) is 16.4. The minimum atomic E-state index is -0.498. The standard InChI is InChI=1S/C23H16N2O4S/c26-21(20-14-15-7-4-5-12-19(15)29-20)25-23(30)24-17-9-6-8-16(13-17)22(27)28-18-10-2-1-3-11-18/h1-14H,(H2,24,25,26,30). The molecule has 7 heteroatoms. The lowest BCUT2D eigenvalue weighted by molar-refractivity contribution is 0.0734.